The van der Waals surface area contributed by atoms with Gasteiger partial charge in [0.1, 0.15) is 0 Å². The van der Waals surface area contributed by atoms with Crippen LogP contribution in [0.1, 0.15) is 33.6 Å². The molecule has 0 bridgehead atoms. The summed E-state index contributed by atoms with van der Waals surface area (Å²) in [4.78, 5) is 19.6. The molecule has 1 aliphatic rings. The van der Waals surface area contributed by atoms with Crippen LogP contribution >= 0.6 is 11.3 Å². The number of nitrogens with zero attached hydrogens (tertiary/aromatic N) is 1. The molecule has 1 aliphatic heterocycles. The predicted molar refractivity (Wildman–Crippen MR) is 108 cm³/mol. The number of hydrogen-bond acceptors (Lipinski definition) is 3. The smallest absolute Gasteiger partial charge is 0.251 e. The van der Waals surface area contributed by atoms with Crippen LogP contribution in [-0.2, 0) is 6.54 Å². The zero-order chi connectivity index (χ0) is 17.9. The molecule has 0 atom stereocenters. The minimum Gasteiger partial charge on any atom is -0.361 e. The van der Waals surface area contributed by atoms with Gasteiger partial charge in [0.25, 0.3) is 5.91 Å². The number of thiophene rings is 1. The summed E-state index contributed by atoms with van der Waals surface area (Å²) in [5.41, 5.74) is 3.14. The summed E-state index contributed by atoms with van der Waals surface area (Å²) >= 11 is 1.86. The largest absolute Gasteiger partial charge is 0.361 e. The Morgan fingerprint density at radius 3 is 2.88 bits per heavy atom. The van der Waals surface area contributed by atoms with Crippen molar-refractivity contribution in [2.75, 3.05) is 19.6 Å². The van der Waals surface area contributed by atoms with Gasteiger partial charge in [-0.1, -0.05) is 6.07 Å². The second kappa shape index (κ2) is 7.64. The zero-order valence-electron chi connectivity index (χ0n) is 15.1. The predicted octanol–water partition coefficient (Wildman–Crippen LogP) is 4.18. The van der Waals surface area contributed by atoms with Gasteiger partial charge in [-0.15, -0.1) is 11.3 Å². The summed E-state index contributed by atoms with van der Waals surface area (Å²) in [5, 5.41) is 6.44. The van der Waals surface area contributed by atoms with Crippen LogP contribution in [0.3, 0.4) is 0 Å². The topological polar surface area (TPSA) is 48.1 Å². The van der Waals surface area contributed by atoms with Crippen LogP contribution < -0.4 is 5.32 Å². The van der Waals surface area contributed by atoms with Gasteiger partial charge >= 0.3 is 0 Å². The van der Waals surface area contributed by atoms with E-state index in [-0.39, 0.29) is 5.91 Å². The number of benzene rings is 1. The lowest BCUT2D eigenvalue weighted by molar-refractivity contribution is 0.0935. The summed E-state index contributed by atoms with van der Waals surface area (Å²) in [6, 6.07) is 10.0. The van der Waals surface area contributed by atoms with Crippen LogP contribution in [0.5, 0.6) is 0 Å². The molecule has 3 heterocycles. The van der Waals surface area contributed by atoms with E-state index >= 15 is 0 Å². The standard InChI is InChI=1S/C21H25N3OS/c1-15-7-11-26-20(15)14-24-9-5-16(6-10-24)13-23-21(25)18-3-2-17-4-8-22-19(17)12-18/h2-4,7-8,11-12,16,22H,5-6,9-10,13-14H2,1H3,(H,23,25). The Kier molecular flexibility index (Phi) is 5.09. The molecule has 0 radical (unpaired) electrons. The highest BCUT2D eigenvalue weighted by atomic mass is 32.1. The molecule has 1 fully saturated rings. The summed E-state index contributed by atoms with van der Waals surface area (Å²) < 4.78 is 0. The van der Waals surface area contributed by atoms with Crippen LogP contribution in [0.25, 0.3) is 10.9 Å². The number of likely N-dealkylation sites (tertiary alicyclic amines) is 1. The maximum absolute atomic E-state index is 12.4. The van der Waals surface area contributed by atoms with Crippen molar-refractivity contribution in [2.24, 2.45) is 5.92 Å². The third-order valence-corrected chi connectivity index (χ3v) is 6.42. The Hall–Kier alpha value is -2.11. The van der Waals surface area contributed by atoms with Crippen molar-refractivity contribution in [3.8, 4) is 0 Å². The number of aromatic nitrogens is 1. The average Bonchev–Trinajstić information content (AvgIpc) is 3.29. The molecule has 1 amide bonds. The summed E-state index contributed by atoms with van der Waals surface area (Å²) in [6.07, 6.45) is 4.21. The zero-order valence-corrected chi connectivity index (χ0v) is 15.9. The number of amides is 1. The second-order valence-electron chi connectivity index (χ2n) is 7.24. The van der Waals surface area contributed by atoms with Crippen molar-refractivity contribution in [2.45, 2.75) is 26.3 Å². The third-order valence-electron chi connectivity index (χ3n) is 5.41. The summed E-state index contributed by atoms with van der Waals surface area (Å²) in [5.74, 6) is 0.604. The normalized spacial score (nSPS) is 16.2. The first-order valence-corrected chi connectivity index (χ1v) is 10.2. The van der Waals surface area contributed by atoms with Crippen LogP contribution in [-0.4, -0.2) is 35.4 Å². The van der Waals surface area contributed by atoms with E-state index in [1.54, 1.807) is 0 Å². The van der Waals surface area contributed by atoms with Crippen LogP contribution in [0.2, 0.25) is 0 Å². The molecule has 1 aromatic carbocycles. The molecule has 0 aliphatic carbocycles. The molecule has 0 unspecified atom stereocenters. The molecule has 4 nitrogen and oxygen atoms in total. The van der Waals surface area contributed by atoms with Gasteiger partial charge < -0.3 is 10.3 Å². The Bertz CT molecular complexity index is 889. The van der Waals surface area contributed by atoms with E-state index in [0.29, 0.717) is 5.92 Å². The first kappa shape index (κ1) is 17.3. The van der Waals surface area contributed by atoms with Crippen molar-refractivity contribution in [1.82, 2.24) is 15.2 Å². The van der Waals surface area contributed by atoms with Gasteiger partial charge in [-0.2, -0.15) is 0 Å². The van der Waals surface area contributed by atoms with Gasteiger partial charge in [-0.25, -0.2) is 0 Å². The minimum absolute atomic E-state index is 0.0261. The van der Waals surface area contributed by atoms with Crippen molar-refractivity contribution in [3.05, 3.63) is 57.9 Å². The van der Waals surface area contributed by atoms with Crippen LogP contribution in [0, 0.1) is 12.8 Å². The van der Waals surface area contributed by atoms with Gasteiger partial charge in [0, 0.05) is 35.2 Å². The first-order chi connectivity index (χ1) is 12.7. The molecule has 0 spiro atoms. The van der Waals surface area contributed by atoms with E-state index in [9.17, 15) is 4.79 Å². The molecule has 26 heavy (non-hydrogen) atoms. The van der Waals surface area contributed by atoms with E-state index < -0.39 is 0 Å². The molecule has 2 aromatic heterocycles. The molecule has 136 valence electrons. The van der Waals surface area contributed by atoms with Gasteiger partial charge in [-0.05, 0) is 79.4 Å². The number of aryl methyl sites for hydroxylation is 1. The van der Waals surface area contributed by atoms with E-state index in [2.05, 4.69) is 33.6 Å². The van der Waals surface area contributed by atoms with Crippen molar-refractivity contribution >= 4 is 28.1 Å². The number of hydrogen-bond donors (Lipinski definition) is 2. The Labute approximate surface area is 158 Å². The second-order valence-corrected chi connectivity index (χ2v) is 8.24. The maximum atomic E-state index is 12.4. The SMILES string of the molecule is Cc1ccsc1CN1CCC(CNC(=O)c2ccc3cc[nH]c3c2)CC1. The number of piperidine rings is 1. The number of H-pyrrole nitrogens is 1. The highest BCUT2D eigenvalue weighted by Gasteiger charge is 2.20. The average molecular weight is 368 g/mol. The highest BCUT2D eigenvalue weighted by Crippen LogP contribution is 2.22. The van der Waals surface area contributed by atoms with Crippen molar-refractivity contribution in [1.29, 1.82) is 0 Å². The molecule has 5 heteroatoms. The lowest BCUT2D eigenvalue weighted by Gasteiger charge is -2.31. The van der Waals surface area contributed by atoms with E-state index in [4.69, 9.17) is 0 Å². The highest BCUT2D eigenvalue weighted by molar-refractivity contribution is 7.10. The first-order valence-electron chi connectivity index (χ1n) is 9.30. The monoisotopic (exact) mass is 367 g/mol. The quantitative estimate of drug-likeness (QED) is 0.711. The third kappa shape index (κ3) is 3.84. The van der Waals surface area contributed by atoms with E-state index in [1.807, 2.05) is 41.8 Å². The molecule has 4 rings (SSSR count). The van der Waals surface area contributed by atoms with Gasteiger partial charge in [0.2, 0.25) is 0 Å². The maximum Gasteiger partial charge on any atom is 0.251 e. The van der Waals surface area contributed by atoms with Crippen molar-refractivity contribution < 1.29 is 4.79 Å². The van der Waals surface area contributed by atoms with Crippen molar-refractivity contribution in [3.63, 3.8) is 0 Å². The fourth-order valence-electron chi connectivity index (χ4n) is 3.65. The van der Waals surface area contributed by atoms with Gasteiger partial charge in [-0.3, -0.25) is 9.69 Å². The number of fused-ring (bicyclic) bond motifs is 1. The fourth-order valence-corrected chi connectivity index (χ4v) is 4.59. The lowest BCUT2D eigenvalue weighted by atomic mass is 9.96. The fraction of sp³-hybridized carbons (Fsp3) is 0.381. The molecule has 0 saturated carbocycles. The van der Waals surface area contributed by atoms with E-state index in [1.165, 1.54) is 10.4 Å². The van der Waals surface area contributed by atoms with Gasteiger partial charge in [0.05, 0.1) is 0 Å². The Morgan fingerprint density at radius 2 is 2.12 bits per heavy atom. The summed E-state index contributed by atoms with van der Waals surface area (Å²) in [6.45, 7) is 6.27. The Balaban J connectivity index is 1.25. The molecular weight excluding hydrogens is 342 g/mol. The molecule has 3 aromatic rings. The van der Waals surface area contributed by atoms with Crippen LogP contribution in [0.15, 0.2) is 41.9 Å². The molecule has 1 saturated heterocycles. The number of carbonyl (C=O) groups is 1. The lowest BCUT2D eigenvalue weighted by Crippen LogP contribution is -2.38. The minimum atomic E-state index is 0.0261. The summed E-state index contributed by atoms with van der Waals surface area (Å²) in [7, 11) is 0. The number of carbonyl (C=O) groups excluding carboxylic acids is 1. The molecule has 2 N–H and O–H groups in total. The number of rotatable bonds is 5. The number of aromatic amines is 1. The van der Waals surface area contributed by atoms with E-state index in [0.717, 1.165) is 55.5 Å². The Morgan fingerprint density at radius 1 is 1.27 bits per heavy atom. The van der Waals surface area contributed by atoms with Crippen LogP contribution in [0.4, 0.5) is 0 Å². The van der Waals surface area contributed by atoms with Gasteiger partial charge in [0.15, 0.2) is 0 Å². The number of nitrogens with one attached hydrogen (secondary N) is 2. The molecular formula is C21H25N3OS.